The first-order valence-electron chi connectivity index (χ1n) is 7.14. The third kappa shape index (κ3) is 2.69. The number of nitrogens with two attached hydrogens (primary N) is 1. The van der Waals surface area contributed by atoms with Crippen molar-refractivity contribution < 1.29 is 0 Å². The molecule has 0 amide bonds. The molecule has 0 saturated heterocycles. The van der Waals surface area contributed by atoms with E-state index in [0.29, 0.717) is 17.6 Å². The van der Waals surface area contributed by atoms with Crippen molar-refractivity contribution in [3.63, 3.8) is 0 Å². The summed E-state index contributed by atoms with van der Waals surface area (Å²) in [4.78, 5) is 9.23. The molecule has 2 aromatic heterocycles. The van der Waals surface area contributed by atoms with Gasteiger partial charge in [0, 0.05) is 24.6 Å². The van der Waals surface area contributed by atoms with Gasteiger partial charge in [-0.3, -0.25) is 4.68 Å². The van der Waals surface area contributed by atoms with E-state index in [0.717, 1.165) is 21.4 Å². The van der Waals surface area contributed by atoms with Gasteiger partial charge in [-0.15, -0.1) is 0 Å². The lowest BCUT2D eigenvalue weighted by atomic mass is 9.89. The van der Waals surface area contributed by atoms with Gasteiger partial charge in [-0.05, 0) is 28.8 Å². The van der Waals surface area contributed by atoms with E-state index in [2.05, 4.69) is 46.8 Å². The maximum Gasteiger partial charge on any atom is 0.165 e. The maximum absolute atomic E-state index is 6.07. The highest BCUT2D eigenvalue weighted by atomic mass is 79.9. The summed E-state index contributed by atoms with van der Waals surface area (Å²) in [5, 5.41) is 4.58. The van der Waals surface area contributed by atoms with Crippen molar-refractivity contribution >= 4 is 21.7 Å². The molecule has 0 bridgehead atoms. The van der Waals surface area contributed by atoms with Gasteiger partial charge in [-0.1, -0.05) is 20.8 Å². The van der Waals surface area contributed by atoms with Gasteiger partial charge in [0.1, 0.15) is 5.82 Å². The zero-order valence-corrected chi connectivity index (χ0v) is 14.4. The summed E-state index contributed by atoms with van der Waals surface area (Å²) in [6, 6.07) is 0. The third-order valence-electron chi connectivity index (χ3n) is 3.65. The Balaban J connectivity index is 2.17. The highest BCUT2D eigenvalue weighted by Crippen LogP contribution is 2.44. The second kappa shape index (κ2) is 4.80. The molecule has 0 atom stereocenters. The molecule has 0 unspecified atom stereocenters. The zero-order chi connectivity index (χ0) is 15.4. The van der Waals surface area contributed by atoms with Gasteiger partial charge in [0.15, 0.2) is 5.82 Å². The quantitative estimate of drug-likeness (QED) is 0.901. The summed E-state index contributed by atoms with van der Waals surface area (Å²) in [7, 11) is 1.92. The first-order chi connectivity index (χ1) is 9.77. The van der Waals surface area contributed by atoms with Crippen LogP contribution in [0.1, 0.15) is 50.9 Å². The molecule has 1 saturated carbocycles. The van der Waals surface area contributed by atoms with E-state index in [1.54, 1.807) is 0 Å². The average molecular weight is 350 g/mol. The van der Waals surface area contributed by atoms with Crippen LogP contribution in [0.4, 0.5) is 5.82 Å². The van der Waals surface area contributed by atoms with Gasteiger partial charge >= 0.3 is 0 Å². The van der Waals surface area contributed by atoms with E-state index < -0.39 is 0 Å². The minimum absolute atomic E-state index is 0.0679. The Morgan fingerprint density at radius 3 is 2.52 bits per heavy atom. The Morgan fingerprint density at radius 1 is 1.29 bits per heavy atom. The number of rotatable bonds is 2. The molecule has 0 aromatic carbocycles. The van der Waals surface area contributed by atoms with Crippen LogP contribution in [-0.2, 0) is 12.5 Å². The van der Waals surface area contributed by atoms with Crippen LogP contribution in [0.2, 0.25) is 0 Å². The van der Waals surface area contributed by atoms with Crippen molar-refractivity contribution in [2.24, 2.45) is 7.05 Å². The van der Waals surface area contributed by atoms with Gasteiger partial charge in [0.25, 0.3) is 0 Å². The van der Waals surface area contributed by atoms with E-state index in [9.17, 15) is 0 Å². The highest BCUT2D eigenvalue weighted by Gasteiger charge is 2.31. The van der Waals surface area contributed by atoms with E-state index >= 15 is 0 Å². The first-order valence-corrected chi connectivity index (χ1v) is 7.94. The van der Waals surface area contributed by atoms with Crippen molar-refractivity contribution in [3.8, 4) is 11.4 Å². The lowest BCUT2D eigenvalue weighted by molar-refractivity contribution is 0.554. The van der Waals surface area contributed by atoms with Crippen LogP contribution in [0, 0.1) is 0 Å². The van der Waals surface area contributed by atoms with Gasteiger partial charge in [-0.2, -0.15) is 5.10 Å². The molecule has 2 aromatic rings. The van der Waals surface area contributed by atoms with E-state index in [4.69, 9.17) is 10.7 Å². The largest absolute Gasteiger partial charge is 0.383 e. The minimum Gasteiger partial charge on any atom is -0.383 e. The van der Waals surface area contributed by atoms with Crippen LogP contribution >= 0.6 is 15.9 Å². The van der Waals surface area contributed by atoms with E-state index in [1.807, 2.05) is 17.9 Å². The van der Waals surface area contributed by atoms with Crippen molar-refractivity contribution in [1.82, 2.24) is 19.7 Å². The van der Waals surface area contributed by atoms with Crippen LogP contribution < -0.4 is 5.73 Å². The smallest absolute Gasteiger partial charge is 0.165 e. The molecule has 1 aliphatic carbocycles. The summed E-state index contributed by atoms with van der Waals surface area (Å²) < 4.78 is 2.66. The molecule has 1 aliphatic rings. The average Bonchev–Trinajstić information content (AvgIpc) is 3.13. The Labute approximate surface area is 133 Å². The predicted molar refractivity (Wildman–Crippen MR) is 87.0 cm³/mol. The zero-order valence-electron chi connectivity index (χ0n) is 12.8. The molecule has 2 N–H and O–H groups in total. The van der Waals surface area contributed by atoms with Crippen molar-refractivity contribution in [3.05, 3.63) is 22.1 Å². The molecule has 2 heterocycles. The molecule has 5 nitrogen and oxygen atoms in total. The highest BCUT2D eigenvalue weighted by molar-refractivity contribution is 9.10. The Kier molecular flexibility index (Phi) is 3.31. The summed E-state index contributed by atoms with van der Waals surface area (Å²) in [6.07, 6.45) is 4.32. The minimum atomic E-state index is -0.0679. The SMILES string of the molecule is Cn1cc(-c2nc(N)c(Br)c(C3CC3)n2)c(C(C)(C)C)n1. The summed E-state index contributed by atoms with van der Waals surface area (Å²) in [5.41, 5.74) is 8.98. The second-order valence-electron chi connectivity index (χ2n) is 6.72. The molecule has 112 valence electrons. The topological polar surface area (TPSA) is 69.6 Å². The van der Waals surface area contributed by atoms with Gasteiger partial charge < -0.3 is 5.73 Å². The number of anilines is 1. The standard InChI is InChI=1S/C15H20BrN5/c1-15(2,3)12-9(7-21(4)20-12)14-18-11(8-5-6-8)10(16)13(17)19-14/h7-8H,5-6H2,1-4H3,(H2,17,18,19). The molecular formula is C15H20BrN5. The fourth-order valence-electron chi connectivity index (χ4n) is 2.44. The third-order valence-corrected chi connectivity index (χ3v) is 4.46. The second-order valence-corrected chi connectivity index (χ2v) is 7.51. The van der Waals surface area contributed by atoms with Crippen LogP contribution in [0.3, 0.4) is 0 Å². The number of hydrogen-bond donors (Lipinski definition) is 1. The molecule has 1 fully saturated rings. The summed E-state index contributed by atoms with van der Waals surface area (Å²) in [6.45, 7) is 6.43. The summed E-state index contributed by atoms with van der Waals surface area (Å²) >= 11 is 3.52. The normalized spacial score (nSPS) is 15.5. The number of aryl methyl sites for hydroxylation is 1. The molecule has 0 spiro atoms. The fourth-order valence-corrected chi connectivity index (χ4v) is 2.94. The Morgan fingerprint density at radius 2 is 1.95 bits per heavy atom. The molecule has 6 heteroatoms. The van der Waals surface area contributed by atoms with Gasteiger partial charge in [0.2, 0.25) is 0 Å². The molecule has 0 aliphatic heterocycles. The fraction of sp³-hybridized carbons (Fsp3) is 0.533. The molecule has 21 heavy (non-hydrogen) atoms. The van der Waals surface area contributed by atoms with Gasteiger partial charge in [0.05, 0.1) is 21.4 Å². The predicted octanol–water partition coefficient (Wildman–Crippen LogP) is 3.40. The monoisotopic (exact) mass is 349 g/mol. The van der Waals surface area contributed by atoms with Crippen LogP contribution in [0.5, 0.6) is 0 Å². The molecule has 0 radical (unpaired) electrons. The first kappa shape index (κ1) is 14.5. The molecule has 3 rings (SSSR count). The molecular weight excluding hydrogens is 330 g/mol. The Bertz CT molecular complexity index is 695. The van der Waals surface area contributed by atoms with E-state index in [-0.39, 0.29) is 5.41 Å². The Hall–Kier alpha value is -1.43. The van der Waals surface area contributed by atoms with Crippen molar-refractivity contribution in [1.29, 1.82) is 0 Å². The lowest BCUT2D eigenvalue weighted by Gasteiger charge is -2.17. The number of halogens is 1. The number of nitrogens with zero attached hydrogens (tertiary/aromatic N) is 4. The van der Waals surface area contributed by atoms with E-state index in [1.165, 1.54) is 12.8 Å². The van der Waals surface area contributed by atoms with Crippen molar-refractivity contribution in [2.45, 2.75) is 44.9 Å². The van der Waals surface area contributed by atoms with Crippen LogP contribution in [0.15, 0.2) is 10.7 Å². The lowest BCUT2D eigenvalue weighted by Crippen LogP contribution is -2.14. The van der Waals surface area contributed by atoms with Crippen LogP contribution in [-0.4, -0.2) is 19.7 Å². The van der Waals surface area contributed by atoms with Crippen LogP contribution in [0.25, 0.3) is 11.4 Å². The number of hydrogen-bond acceptors (Lipinski definition) is 4. The summed E-state index contributed by atoms with van der Waals surface area (Å²) in [5.74, 6) is 1.69. The number of aromatic nitrogens is 4. The number of nitrogen functional groups attached to an aromatic ring is 1. The van der Waals surface area contributed by atoms with Gasteiger partial charge in [-0.25, -0.2) is 9.97 Å². The maximum atomic E-state index is 6.07. The van der Waals surface area contributed by atoms with Crippen molar-refractivity contribution in [2.75, 3.05) is 5.73 Å².